The minimum absolute atomic E-state index is 0.210. The second kappa shape index (κ2) is 6.22. The molecule has 1 aromatic heterocycles. The summed E-state index contributed by atoms with van der Waals surface area (Å²) in [6.45, 7) is 4.68. The Kier molecular flexibility index (Phi) is 4.13. The van der Waals surface area contributed by atoms with E-state index < -0.39 is 0 Å². The van der Waals surface area contributed by atoms with Crippen LogP contribution in [0.25, 0.3) is 0 Å². The molecule has 1 unspecified atom stereocenters. The minimum atomic E-state index is -0.210. The molecule has 0 radical (unpaired) electrons. The van der Waals surface area contributed by atoms with Crippen molar-refractivity contribution < 1.29 is 14.1 Å². The van der Waals surface area contributed by atoms with Crippen LogP contribution in [0.15, 0.2) is 28.8 Å². The Morgan fingerprint density at radius 2 is 2.36 bits per heavy atom. The van der Waals surface area contributed by atoms with E-state index in [0.717, 1.165) is 30.5 Å². The van der Waals surface area contributed by atoms with Crippen LogP contribution in [0.5, 0.6) is 5.75 Å². The lowest BCUT2D eigenvalue weighted by Crippen LogP contribution is -2.15. The summed E-state index contributed by atoms with van der Waals surface area (Å²) in [6.07, 6.45) is 2.92. The van der Waals surface area contributed by atoms with Crippen molar-refractivity contribution in [2.24, 2.45) is 5.92 Å². The molecule has 1 atom stereocenters. The van der Waals surface area contributed by atoms with Crippen LogP contribution in [0.4, 0.5) is 5.88 Å². The van der Waals surface area contributed by atoms with Gasteiger partial charge in [-0.25, -0.2) is 0 Å². The summed E-state index contributed by atoms with van der Waals surface area (Å²) in [5.41, 5.74) is 2.55. The first kappa shape index (κ1) is 14.6. The van der Waals surface area contributed by atoms with E-state index in [1.807, 2.05) is 13.0 Å². The smallest absolute Gasteiger partial charge is 0.258 e. The zero-order valence-corrected chi connectivity index (χ0v) is 12.9. The lowest BCUT2D eigenvalue weighted by Gasteiger charge is -2.16. The lowest BCUT2D eigenvalue weighted by atomic mass is 9.89. The number of carbonyl (C=O) groups excluding carboxylic acids is 1. The van der Waals surface area contributed by atoms with E-state index in [-0.39, 0.29) is 5.91 Å². The summed E-state index contributed by atoms with van der Waals surface area (Å²) in [6, 6.07) is 7.11. The van der Waals surface area contributed by atoms with Gasteiger partial charge in [-0.05, 0) is 50.3 Å². The van der Waals surface area contributed by atoms with Gasteiger partial charge >= 0.3 is 0 Å². The summed E-state index contributed by atoms with van der Waals surface area (Å²) in [7, 11) is 0. The van der Waals surface area contributed by atoms with Crippen LogP contribution >= 0.6 is 0 Å². The highest BCUT2D eigenvalue weighted by atomic mass is 16.5. The molecule has 5 heteroatoms. The summed E-state index contributed by atoms with van der Waals surface area (Å²) < 4.78 is 10.7. The van der Waals surface area contributed by atoms with Crippen LogP contribution in [0.1, 0.15) is 41.9 Å². The number of carbonyl (C=O) groups is 1. The van der Waals surface area contributed by atoms with E-state index in [1.54, 1.807) is 18.2 Å². The van der Waals surface area contributed by atoms with Crippen molar-refractivity contribution in [1.82, 2.24) is 5.16 Å². The third-order valence-corrected chi connectivity index (χ3v) is 3.93. The van der Waals surface area contributed by atoms with Crippen molar-refractivity contribution in [2.45, 2.75) is 33.1 Å². The van der Waals surface area contributed by atoms with Crippen LogP contribution in [-0.2, 0) is 12.8 Å². The molecule has 1 N–H and O–H groups in total. The number of nitrogens with zero attached hydrogens (tertiary/aromatic N) is 1. The summed E-state index contributed by atoms with van der Waals surface area (Å²) in [5, 5.41) is 6.90. The third kappa shape index (κ3) is 2.98. The molecule has 0 fully saturated rings. The normalized spacial score (nSPS) is 16.9. The van der Waals surface area contributed by atoms with E-state index in [0.29, 0.717) is 29.7 Å². The molecular weight excluding hydrogens is 280 g/mol. The molecule has 22 heavy (non-hydrogen) atoms. The number of hydrogen-bond donors (Lipinski definition) is 1. The highest BCUT2D eigenvalue weighted by Gasteiger charge is 2.24. The summed E-state index contributed by atoms with van der Waals surface area (Å²) in [4.78, 5) is 12.4. The van der Waals surface area contributed by atoms with E-state index in [1.165, 1.54) is 0 Å². The molecule has 0 bridgehead atoms. The van der Waals surface area contributed by atoms with Crippen molar-refractivity contribution in [2.75, 3.05) is 11.9 Å². The maximum absolute atomic E-state index is 12.4. The van der Waals surface area contributed by atoms with Gasteiger partial charge in [0.2, 0.25) is 5.88 Å². The van der Waals surface area contributed by atoms with Gasteiger partial charge in [0.15, 0.2) is 0 Å². The van der Waals surface area contributed by atoms with E-state index in [2.05, 4.69) is 17.4 Å². The van der Waals surface area contributed by atoms with Crippen LogP contribution in [0, 0.1) is 5.92 Å². The molecule has 0 spiro atoms. The highest BCUT2D eigenvalue weighted by Crippen LogP contribution is 2.30. The molecule has 1 amide bonds. The largest absolute Gasteiger partial charge is 0.494 e. The molecule has 1 aliphatic rings. The fourth-order valence-electron chi connectivity index (χ4n) is 2.75. The van der Waals surface area contributed by atoms with Gasteiger partial charge in [-0.3, -0.25) is 10.1 Å². The molecule has 3 rings (SSSR count). The monoisotopic (exact) mass is 300 g/mol. The fraction of sp³-hybridized carbons (Fsp3) is 0.412. The molecule has 116 valence electrons. The van der Waals surface area contributed by atoms with Gasteiger partial charge in [0, 0.05) is 11.1 Å². The minimum Gasteiger partial charge on any atom is -0.494 e. The zero-order chi connectivity index (χ0) is 15.5. The Bertz CT molecular complexity index is 678. The first-order valence-corrected chi connectivity index (χ1v) is 7.69. The number of hydrogen-bond acceptors (Lipinski definition) is 4. The molecule has 1 aromatic carbocycles. The first-order valence-electron chi connectivity index (χ1n) is 7.69. The SMILES string of the molecule is CCOc1cccc(C(=O)Nc2onc3c2CC(C)CC3)c1. The van der Waals surface area contributed by atoms with Crippen LogP contribution in [-0.4, -0.2) is 17.7 Å². The van der Waals surface area contributed by atoms with E-state index >= 15 is 0 Å². The quantitative estimate of drug-likeness (QED) is 0.939. The Balaban J connectivity index is 1.77. The van der Waals surface area contributed by atoms with Crippen LogP contribution in [0.3, 0.4) is 0 Å². The maximum Gasteiger partial charge on any atom is 0.258 e. The Hall–Kier alpha value is -2.30. The molecule has 1 heterocycles. The standard InChI is InChI=1S/C17H20N2O3/c1-3-21-13-6-4-5-12(10-13)16(20)18-17-14-9-11(2)7-8-15(14)19-22-17/h4-6,10-11H,3,7-9H2,1-2H3,(H,18,20). The number of benzene rings is 1. The average molecular weight is 300 g/mol. The molecule has 1 aliphatic carbocycles. The van der Waals surface area contributed by atoms with Gasteiger partial charge in [0.1, 0.15) is 5.75 Å². The van der Waals surface area contributed by atoms with Crippen molar-refractivity contribution in [3.63, 3.8) is 0 Å². The predicted octanol–water partition coefficient (Wildman–Crippen LogP) is 3.45. The topological polar surface area (TPSA) is 64.4 Å². The molecular formula is C17H20N2O3. The summed E-state index contributed by atoms with van der Waals surface area (Å²) in [5.74, 6) is 1.54. The number of aromatic nitrogens is 1. The number of anilines is 1. The molecule has 0 saturated carbocycles. The molecule has 0 saturated heterocycles. The second-order valence-corrected chi connectivity index (χ2v) is 5.70. The van der Waals surface area contributed by atoms with Gasteiger partial charge in [-0.1, -0.05) is 18.1 Å². The number of fused-ring (bicyclic) bond motifs is 1. The van der Waals surface area contributed by atoms with Gasteiger partial charge in [0.05, 0.1) is 12.3 Å². The Labute approximate surface area is 129 Å². The van der Waals surface area contributed by atoms with Gasteiger partial charge in [-0.2, -0.15) is 0 Å². The van der Waals surface area contributed by atoms with E-state index in [9.17, 15) is 4.79 Å². The zero-order valence-electron chi connectivity index (χ0n) is 12.9. The predicted molar refractivity (Wildman–Crippen MR) is 83.3 cm³/mol. The molecule has 0 aliphatic heterocycles. The van der Waals surface area contributed by atoms with Gasteiger partial charge in [0.25, 0.3) is 5.91 Å². The Morgan fingerprint density at radius 3 is 3.18 bits per heavy atom. The number of nitrogens with one attached hydrogen (secondary N) is 1. The second-order valence-electron chi connectivity index (χ2n) is 5.70. The van der Waals surface area contributed by atoms with Crippen LogP contribution < -0.4 is 10.1 Å². The van der Waals surface area contributed by atoms with Crippen LogP contribution in [0.2, 0.25) is 0 Å². The van der Waals surface area contributed by atoms with E-state index in [4.69, 9.17) is 9.26 Å². The Morgan fingerprint density at radius 1 is 1.50 bits per heavy atom. The fourth-order valence-corrected chi connectivity index (χ4v) is 2.75. The molecule has 2 aromatic rings. The number of rotatable bonds is 4. The number of aryl methyl sites for hydroxylation is 1. The number of amides is 1. The van der Waals surface area contributed by atoms with Gasteiger partial charge in [-0.15, -0.1) is 0 Å². The lowest BCUT2D eigenvalue weighted by molar-refractivity contribution is 0.102. The van der Waals surface area contributed by atoms with Crippen molar-refractivity contribution >= 4 is 11.8 Å². The first-order chi connectivity index (χ1) is 10.7. The average Bonchev–Trinajstić information content (AvgIpc) is 2.90. The van der Waals surface area contributed by atoms with Gasteiger partial charge < -0.3 is 9.26 Å². The third-order valence-electron chi connectivity index (χ3n) is 3.93. The summed E-state index contributed by atoms with van der Waals surface area (Å²) >= 11 is 0. The van der Waals surface area contributed by atoms with Crippen molar-refractivity contribution in [3.05, 3.63) is 41.1 Å². The molecule has 5 nitrogen and oxygen atoms in total. The van der Waals surface area contributed by atoms with Crippen molar-refractivity contribution in [3.8, 4) is 5.75 Å². The van der Waals surface area contributed by atoms with Crippen molar-refractivity contribution in [1.29, 1.82) is 0 Å². The number of ether oxygens (including phenoxy) is 1. The highest BCUT2D eigenvalue weighted by molar-refractivity contribution is 6.04. The maximum atomic E-state index is 12.4.